The molecule has 6 nitrogen and oxygen atoms in total. The van der Waals surface area contributed by atoms with Crippen LogP contribution in [-0.4, -0.2) is 31.0 Å². The second-order valence-electron chi connectivity index (χ2n) is 3.42. The first kappa shape index (κ1) is 10.0. The van der Waals surface area contributed by atoms with E-state index in [-0.39, 0.29) is 10.9 Å². The summed E-state index contributed by atoms with van der Waals surface area (Å²) in [6.07, 6.45) is 2.62. The van der Waals surface area contributed by atoms with E-state index in [1.807, 2.05) is 13.8 Å². The number of hydrogen-bond donors (Lipinski definition) is 0. The molecule has 1 aromatic heterocycles. The Morgan fingerprint density at radius 2 is 2.13 bits per heavy atom. The average Bonchev–Trinajstić information content (AvgIpc) is 2.17. The number of aromatic nitrogens is 2. The van der Waals surface area contributed by atoms with Crippen molar-refractivity contribution in [3.8, 4) is 0 Å². The first-order valence-electron chi connectivity index (χ1n) is 4.43. The molecule has 0 amide bonds. The molecule has 0 unspecified atom stereocenters. The van der Waals surface area contributed by atoms with Crippen molar-refractivity contribution in [3.05, 3.63) is 12.3 Å². The minimum Gasteiger partial charge on any atom is -0.311 e. The molecule has 2 rings (SSSR count). The van der Waals surface area contributed by atoms with Crippen molar-refractivity contribution in [2.24, 2.45) is 4.40 Å². The fourth-order valence-electron chi connectivity index (χ4n) is 1.30. The van der Waals surface area contributed by atoms with Crippen LogP contribution in [0.3, 0.4) is 0 Å². The van der Waals surface area contributed by atoms with E-state index in [2.05, 4.69) is 14.6 Å². The molecule has 1 aliphatic heterocycles. The third-order valence-electron chi connectivity index (χ3n) is 2.05. The fourth-order valence-corrected chi connectivity index (χ4v) is 2.24. The zero-order chi connectivity index (χ0) is 11.1. The van der Waals surface area contributed by atoms with Gasteiger partial charge in [-0.05, 0) is 19.9 Å². The summed E-state index contributed by atoms with van der Waals surface area (Å²) < 4.78 is 26.6. The quantitative estimate of drug-likeness (QED) is 0.693. The summed E-state index contributed by atoms with van der Waals surface area (Å²) in [5.41, 5.74) is 0. The van der Waals surface area contributed by atoms with Crippen molar-refractivity contribution in [2.75, 3.05) is 4.90 Å². The van der Waals surface area contributed by atoms with Crippen LogP contribution in [0.1, 0.15) is 13.8 Å². The molecule has 80 valence electrons. The highest BCUT2D eigenvalue weighted by Crippen LogP contribution is 2.27. The molecule has 0 aliphatic carbocycles. The van der Waals surface area contributed by atoms with E-state index in [1.165, 1.54) is 18.6 Å². The minimum atomic E-state index is -3.58. The van der Waals surface area contributed by atoms with E-state index < -0.39 is 10.0 Å². The maximum atomic E-state index is 11.5. The lowest BCUT2D eigenvalue weighted by atomic mass is 10.3. The molecule has 15 heavy (non-hydrogen) atoms. The Hall–Kier alpha value is -1.50. The second kappa shape index (κ2) is 3.27. The van der Waals surface area contributed by atoms with Gasteiger partial charge in [-0.15, -0.1) is 9.50 Å². The Labute approximate surface area is 87.7 Å². The van der Waals surface area contributed by atoms with Gasteiger partial charge in [-0.1, -0.05) is 0 Å². The molecule has 2 heterocycles. The predicted octanol–water partition coefficient (Wildman–Crippen LogP) is 0.422. The van der Waals surface area contributed by atoms with Gasteiger partial charge in [-0.25, -0.2) is 0 Å². The molecule has 0 N–H and O–H groups in total. The van der Waals surface area contributed by atoms with Crippen LogP contribution in [0.4, 0.5) is 5.82 Å². The van der Waals surface area contributed by atoms with Crippen LogP contribution >= 0.6 is 0 Å². The lowest BCUT2D eigenvalue weighted by Gasteiger charge is -2.26. The lowest BCUT2D eigenvalue weighted by Crippen LogP contribution is -2.34. The van der Waals surface area contributed by atoms with Crippen molar-refractivity contribution >= 4 is 22.2 Å². The lowest BCUT2D eigenvalue weighted by molar-refractivity contribution is 0.595. The Kier molecular flexibility index (Phi) is 2.18. The zero-order valence-corrected chi connectivity index (χ0v) is 9.14. The van der Waals surface area contributed by atoms with Crippen LogP contribution in [0.5, 0.6) is 0 Å². The molecule has 0 bridgehead atoms. The summed E-state index contributed by atoms with van der Waals surface area (Å²) in [7, 11) is -3.58. The SMILES string of the molecule is CC(C)N1C=NS(=O)(=O)c2ccnnc21. The highest BCUT2D eigenvalue weighted by molar-refractivity contribution is 7.90. The molecule has 0 atom stereocenters. The topological polar surface area (TPSA) is 75.5 Å². The van der Waals surface area contributed by atoms with E-state index in [1.54, 1.807) is 4.90 Å². The van der Waals surface area contributed by atoms with Crippen LogP contribution < -0.4 is 4.90 Å². The highest BCUT2D eigenvalue weighted by atomic mass is 32.2. The van der Waals surface area contributed by atoms with Gasteiger partial charge in [-0.3, -0.25) is 0 Å². The van der Waals surface area contributed by atoms with Gasteiger partial charge in [-0.2, -0.15) is 13.5 Å². The van der Waals surface area contributed by atoms with Crippen molar-refractivity contribution < 1.29 is 8.42 Å². The summed E-state index contributed by atoms with van der Waals surface area (Å²) in [5, 5.41) is 7.50. The third kappa shape index (κ3) is 1.58. The minimum absolute atomic E-state index is 0.0831. The van der Waals surface area contributed by atoms with Gasteiger partial charge in [0.15, 0.2) is 5.82 Å². The molecule has 1 aromatic rings. The number of hydrogen-bond acceptors (Lipinski definition) is 5. The summed E-state index contributed by atoms with van der Waals surface area (Å²) in [4.78, 5) is 1.78. The van der Waals surface area contributed by atoms with Gasteiger partial charge in [0.1, 0.15) is 11.2 Å². The summed E-state index contributed by atoms with van der Waals surface area (Å²) in [6, 6.07) is 1.49. The standard InChI is InChI=1S/C8H10N4O2S/c1-6(2)12-5-10-15(13,14)7-3-4-9-11-8(7)12/h3-6H,1-2H3. The largest absolute Gasteiger partial charge is 0.311 e. The summed E-state index contributed by atoms with van der Waals surface area (Å²) in [6.45, 7) is 3.84. The monoisotopic (exact) mass is 226 g/mol. The number of rotatable bonds is 1. The Bertz CT molecular complexity index is 509. The molecule has 7 heteroatoms. The second-order valence-corrected chi connectivity index (χ2v) is 5.02. The first-order valence-corrected chi connectivity index (χ1v) is 5.87. The van der Waals surface area contributed by atoms with Gasteiger partial charge in [0.2, 0.25) is 0 Å². The summed E-state index contributed by atoms with van der Waals surface area (Å²) in [5.74, 6) is 0.336. The van der Waals surface area contributed by atoms with E-state index >= 15 is 0 Å². The van der Waals surface area contributed by atoms with Gasteiger partial charge >= 0.3 is 0 Å². The summed E-state index contributed by atoms with van der Waals surface area (Å²) >= 11 is 0. The average molecular weight is 226 g/mol. The Morgan fingerprint density at radius 1 is 1.40 bits per heavy atom. The first-order chi connectivity index (χ1) is 7.02. The number of nitrogens with zero attached hydrogens (tertiary/aromatic N) is 4. The van der Waals surface area contributed by atoms with Crippen LogP contribution in [0, 0.1) is 0 Å². The van der Waals surface area contributed by atoms with E-state index in [9.17, 15) is 8.42 Å². The highest BCUT2D eigenvalue weighted by Gasteiger charge is 2.27. The Balaban J connectivity index is 2.65. The maximum Gasteiger partial charge on any atom is 0.287 e. The predicted molar refractivity (Wildman–Crippen MR) is 55.3 cm³/mol. The van der Waals surface area contributed by atoms with Gasteiger partial charge in [0.05, 0.1) is 6.20 Å². The molecule has 0 fully saturated rings. The van der Waals surface area contributed by atoms with E-state index in [0.29, 0.717) is 5.82 Å². The fraction of sp³-hybridized carbons (Fsp3) is 0.375. The van der Waals surface area contributed by atoms with Crippen LogP contribution in [0.25, 0.3) is 0 Å². The number of fused-ring (bicyclic) bond motifs is 1. The van der Waals surface area contributed by atoms with Crippen LogP contribution in [0.15, 0.2) is 21.6 Å². The van der Waals surface area contributed by atoms with Crippen molar-refractivity contribution in [1.29, 1.82) is 0 Å². The van der Waals surface area contributed by atoms with Gasteiger partial charge < -0.3 is 4.90 Å². The molecule has 0 aromatic carbocycles. The van der Waals surface area contributed by atoms with Gasteiger partial charge in [0, 0.05) is 6.04 Å². The third-order valence-corrected chi connectivity index (χ3v) is 3.30. The Morgan fingerprint density at radius 3 is 2.80 bits per heavy atom. The smallest absolute Gasteiger partial charge is 0.287 e. The maximum absolute atomic E-state index is 11.5. The normalized spacial score (nSPS) is 17.9. The van der Waals surface area contributed by atoms with Crippen molar-refractivity contribution in [1.82, 2.24) is 10.2 Å². The van der Waals surface area contributed by atoms with E-state index in [4.69, 9.17) is 0 Å². The van der Waals surface area contributed by atoms with Crippen molar-refractivity contribution in [2.45, 2.75) is 24.8 Å². The zero-order valence-electron chi connectivity index (χ0n) is 8.32. The molecule has 1 aliphatic rings. The molecule has 0 radical (unpaired) electrons. The molecule has 0 saturated carbocycles. The molecular weight excluding hydrogens is 216 g/mol. The number of anilines is 1. The van der Waals surface area contributed by atoms with Crippen molar-refractivity contribution in [3.63, 3.8) is 0 Å². The molecule has 0 saturated heterocycles. The number of sulfonamides is 1. The van der Waals surface area contributed by atoms with Crippen LogP contribution in [-0.2, 0) is 10.0 Å². The molecule has 0 spiro atoms. The molecular formula is C8H10N4O2S. The van der Waals surface area contributed by atoms with E-state index in [0.717, 1.165) is 0 Å². The van der Waals surface area contributed by atoms with Crippen LogP contribution in [0.2, 0.25) is 0 Å². The van der Waals surface area contributed by atoms with Gasteiger partial charge in [0.25, 0.3) is 10.0 Å².